The first kappa shape index (κ1) is 12.9. The Morgan fingerprint density at radius 3 is 2.40 bits per heavy atom. The quantitative estimate of drug-likeness (QED) is 0.736. The molecule has 0 aromatic heterocycles. The summed E-state index contributed by atoms with van der Waals surface area (Å²) < 4.78 is 22.6. The molecule has 90 valence electrons. The summed E-state index contributed by atoms with van der Waals surface area (Å²) in [5, 5.41) is 12.8. The average Bonchev–Trinajstić information content (AvgIpc) is 2.22. The van der Waals surface area contributed by atoms with Crippen LogP contribution in [0.3, 0.4) is 0 Å². The molecular formula is C10H21NO3S. The summed E-state index contributed by atoms with van der Waals surface area (Å²) in [6, 6.07) is -0.309. The Labute approximate surface area is 92.0 Å². The Hall–Kier alpha value is -0.130. The van der Waals surface area contributed by atoms with E-state index < -0.39 is 15.9 Å². The second-order valence-electron chi connectivity index (χ2n) is 5.03. The fourth-order valence-corrected chi connectivity index (χ4v) is 3.91. The predicted octanol–water partition coefficient (Wildman–Crippen LogP) is 0.313. The molecule has 2 unspecified atom stereocenters. The molecule has 1 fully saturated rings. The zero-order valence-corrected chi connectivity index (χ0v) is 10.5. The van der Waals surface area contributed by atoms with Crippen molar-refractivity contribution in [2.75, 3.05) is 11.5 Å². The second kappa shape index (κ2) is 4.39. The molecule has 1 aliphatic heterocycles. The Balaban J connectivity index is 2.60. The monoisotopic (exact) mass is 235 g/mol. The van der Waals surface area contributed by atoms with Gasteiger partial charge in [-0.1, -0.05) is 13.3 Å². The van der Waals surface area contributed by atoms with E-state index in [0.29, 0.717) is 0 Å². The molecule has 0 radical (unpaired) electrons. The zero-order valence-electron chi connectivity index (χ0n) is 9.66. The molecule has 0 aromatic rings. The molecule has 15 heavy (non-hydrogen) atoms. The van der Waals surface area contributed by atoms with Crippen LogP contribution in [-0.4, -0.2) is 42.7 Å². The summed E-state index contributed by atoms with van der Waals surface area (Å²) in [6.45, 7) is 6.16. The molecule has 1 rings (SSSR count). The van der Waals surface area contributed by atoms with Gasteiger partial charge in [0.2, 0.25) is 0 Å². The fraction of sp³-hybridized carbons (Fsp3) is 1.00. The first-order valence-corrected chi connectivity index (χ1v) is 7.24. The van der Waals surface area contributed by atoms with E-state index in [1.807, 2.05) is 13.8 Å². The minimum atomic E-state index is -3.04. The third kappa shape index (κ3) is 3.74. The van der Waals surface area contributed by atoms with E-state index in [1.165, 1.54) is 0 Å². The second-order valence-corrected chi connectivity index (χ2v) is 7.18. The first-order valence-electron chi connectivity index (χ1n) is 5.42. The first-order chi connectivity index (χ1) is 6.76. The van der Waals surface area contributed by atoms with Crippen LogP contribution >= 0.6 is 0 Å². The summed E-state index contributed by atoms with van der Waals surface area (Å²) in [4.78, 5) is 0. The lowest BCUT2D eigenvalue weighted by Crippen LogP contribution is -2.50. The molecule has 1 heterocycles. The Morgan fingerprint density at radius 2 is 2.00 bits per heavy atom. The zero-order chi connectivity index (χ0) is 11.7. The Morgan fingerprint density at radius 1 is 1.40 bits per heavy atom. The summed E-state index contributed by atoms with van der Waals surface area (Å²) in [7, 11) is -3.04. The summed E-state index contributed by atoms with van der Waals surface area (Å²) >= 11 is 0. The molecule has 0 amide bonds. The standard InChI is InChI=1S/C10H21NO3S/c1-4-5-10(2,3)11-8-6-15(13,14)7-9(8)12/h8-9,11-12H,4-7H2,1-3H3. The highest BCUT2D eigenvalue weighted by molar-refractivity contribution is 7.91. The molecular weight excluding hydrogens is 214 g/mol. The van der Waals surface area contributed by atoms with E-state index >= 15 is 0 Å². The highest BCUT2D eigenvalue weighted by Gasteiger charge is 2.38. The molecule has 1 saturated heterocycles. The molecule has 1 aliphatic rings. The van der Waals surface area contributed by atoms with Crippen molar-refractivity contribution in [3.8, 4) is 0 Å². The van der Waals surface area contributed by atoms with Crippen LogP contribution in [-0.2, 0) is 9.84 Å². The van der Waals surface area contributed by atoms with Crippen molar-refractivity contribution >= 4 is 9.84 Å². The van der Waals surface area contributed by atoms with Gasteiger partial charge in [0.05, 0.1) is 17.6 Å². The van der Waals surface area contributed by atoms with Gasteiger partial charge in [0.1, 0.15) is 0 Å². The highest BCUT2D eigenvalue weighted by Crippen LogP contribution is 2.18. The highest BCUT2D eigenvalue weighted by atomic mass is 32.2. The molecule has 2 atom stereocenters. The van der Waals surface area contributed by atoms with Gasteiger partial charge in [0.25, 0.3) is 0 Å². The molecule has 0 spiro atoms. The van der Waals surface area contributed by atoms with Crippen LogP contribution in [0.15, 0.2) is 0 Å². The molecule has 4 nitrogen and oxygen atoms in total. The largest absolute Gasteiger partial charge is 0.390 e. The lowest BCUT2D eigenvalue weighted by molar-refractivity contribution is 0.144. The van der Waals surface area contributed by atoms with Gasteiger partial charge < -0.3 is 10.4 Å². The van der Waals surface area contributed by atoms with Crippen LogP contribution < -0.4 is 5.32 Å². The Bertz CT molecular complexity index is 311. The number of aliphatic hydroxyl groups excluding tert-OH is 1. The van der Waals surface area contributed by atoms with Crippen molar-refractivity contribution < 1.29 is 13.5 Å². The van der Waals surface area contributed by atoms with Gasteiger partial charge in [-0.25, -0.2) is 8.42 Å². The van der Waals surface area contributed by atoms with Gasteiger partial charge in [0.15, 0.2) is 9.84 Å². The van der Waals surface area contributed by atoms with Crippen LogP contribution in [0.5, 0.6) is 0 Å². The normalized spacial score (nSPS) is 30.7. The van der Waals surface area contributed by atoms with Gasteiger partial charge in [-0.05, 0) is 20.3 Å². The number of aliphatic hydroxyl groups is 1. The summed E-state index contributed by atoms with van der Waals surface area (Å²) in [5.74, 6) is -0.0474. The molecule has 0 aliphatic carbocycles. The van der Waals surface area contributed by atoms with Crippen molar-refractivity contribution in [3.05, 3.63) is 0 Å². The molecule has 5 heteroatoms. The average molecular weight is 235 g/mol. The maximum atomic E-state index is 11.3. The van der Waals surface area contributed by atoms with Crippen LogP contribution in [0, 0.1) is 0 Å². The molecule has 0 saturated carbocycles. The van der Waals surface area contributed by atoms with E-state index in [-0.39, 0.29) is 23.1 Å². The van der Waals surface area contributed by atoms with Crippen molar-refractivity contribution in [2.45, 2.75) is 51.3 Å². The van der Waals surface area contributed by atoms with Gasteiger partial charge in [-0.15, -0.1) is 0 Å². The summed E-state index contributed by atoms with van der Waals surface area (Å²) in [6.07, 6.45) is 1.25. The third-order valence-electron chi connectivity index (χ3n) is 2.77. The van der Waals surface area contributed by atoms with Crippen LogP contribution in [0.25, 0.3) is 0 Å². The summed E-state index contributed by atoms with van der Waals surface area (Å²) in [5.41, 5.74) is -0.111. The van der Waals surface area contributed by atoms with Crippen LogP contribution in [0.1, 0.15) is 33.6 Å². The van der Waals surface area contributed by atoms with Gasteiger partial charge in [-0.2, -0.15) is 0 Å². The van der Waals surface area contributed by atoms with Crippen molar-refractivity contribution in [3.63, 3.8) is 0 Å². The topological polar surface area (TPSA) is 66.4 Å². The van der Waals surface area contributed by atoms with Gasteiger partial charge in [-0.3, -0.25) is 0 Å². The molecule has 0 bridgehead atoms. The van der Waals surface area contributed by atoms with E-state index in [9.17, 15) is 13.5 Å². The maximum Gasteiger partial charge on any atom is 0.154 e. The lowest BCUT2D eigenvalue weighted by atomic mass is 9.97. The lowest BCUT2D eigenvalue weighted by Gasteiger charge is -2.30. The minimum absolute atomic E-state index is 0.0569. The number of nitrogens with one attached hydrogen (secondary N) is 1. The van der Waals surface area contributed by atoms with Crippen molar-refractivity contribution in [1.82, 2.24) is 5.32 Å². The number of rotatable bonds is 4. The van der Waals surface area contributed by atoms with E-state index in [4.69, 9.17) is 0 Å². The maximum absolute atomic E-state index is 11.3. The number of sulfone groups is 1. The SMILES string of the molecule is CCCC(C)(C)NC1CS(=O)(=O)CC1O. The van der Waals surface area contributed by atoms with E-state index in [0.717, 1.165) is 12.8 Å². The van der Waals surface area contributed by atoms with E-state index in [1.54, 1.807) is 0 Å². The third-order valence-corrected chi connectivity index (χ3v) is 4.49. The number of hydrogen-bond donors (Lipinski definition) is 2. The van der Waals surface area contributed by atoms with Crippen molar-refractivity contribution in [2.24, 2.45) is 0 Å². The van der Waals surface area contributed by atoms with Crippen LogP contribution in [0.2, 0.25) is 0 Å². The smallest absolute Gasteiger partial charge is 0.154 e. The van der Waals surface area contributed by atoms with E-state index in [2.05, 4.69) is 12.2 Å². The predicted molar refractivity (Wildman–Crippen MR) is 60.6 cm³/mol. The fourth-order valence-electron chi connectivity index (χ4n) is 2.17. The van der Waals surface area contributed by atoms with Gasteiger partial charge in [0, 0.05) is 11.6 Å². The van der Waals surface area contributed by atoms with Crippen LogP contribution in [0.4, 0.5) is 0 Å². The molecule has 2 N–H and O–H groups in total. The minimum Gasteiger partial charge on any atom is -0.390 e. The molecule has 0 aromatic carbocycles. The Kier molecular flexibility index (Phi) is 3.79. The number of hydrogen-bond acceptors (Lipinski definition) is 4. The van der Waals surface area contributed by atoms with Gasteiger partial charge >= 0.3 is 0 Å². The van der Waals surface area contributed by atoms with Crippen molar-refractivity contribution in [1.29, 1.82) is 0 Å².